The molecule has 0 bridgehead atoms. The van der Waals surface area contributed by atoms with E-state index in [0.717, 1.165) is 30.7 Å². The molecule has 0 saturated carbocycles. The highest BCUT2D eigenvalue weighted by molar-refractivity contribution is 6.28. The number of carbonyl (C=O) groups excluding carboxylic acids is 2. The summed E-state index contributed by atoms with van der Waals surface area (Å²) >= 11 is 0. The van der Waals surface area contributed by atoms with Gasteiger partial charge in [0.2, 0.25) is 11.6 Å². The van der Waals surface area contributed by atoms with Gasteiger partial charge in [-0.2, -0.15) is 5.26 Å². The lowest BCUT2D eigenvalue weighted by molar-refractivity contribution is -0.187. The van der Waals surface area contributed by atoms with Gasteiger partial charge in [-0.1, -0.05) is 67.6 Å². The minimum atomic E-state index is -3.95. The van der Waals surface area contributed by atoms with E-state index in [2.05, 4.69) is 0 Å². The molecule has 10 heteroatoms. The smallest absolute Gasteiger partial charge is 0.348 e. The molecule has 174 valence electrons. The summed E-state index contributed by atoms with van der Waals surface area (Å²) in [6.45, 7) is 1.97. The lowest BCUT2D eigenvalue weighted by Gasteiger charge is -2.34. The first kappa shape index (κ1) is 27.1. The molecule has 2 aromatic rings. The molecule has 0 amide bonds. The van der Waals surface area contributed by atoms with E-state index >= 15 is 0 Å². The SMILES string of the molecule is CC[C@H](N)CC#N.O=C(O)[C@@](O)(C(=O)c1ccccc1)[C@@](O)(C(=O)O)C(=O)c1ccccc1. The summed E-state index contributed by atoms with van der Waals surface area (Å²) in [5.74, 6) is -8.03. The molecule has 0 spiro atoms. The Kier molecular flexibility index (Phi) is 9.56. The van der Waals surface area contributed by atoms with Crippen LogP contribution >= 0.6 is 0 Å². The van der Waals surface area contributed by atoms with Gasteiger partial charge in [0.25, 0.3) is 11.2 Å². The zero-order chi connectivity index (χ0) is 25.2. The summed E-state index contributed by atoms with van der Waals surface area (Å²) in [6.07, 6.45) is 1.38. The molecule has 0 fully saturated rings. The van der Waals surface area contributed by atoms with Crippen LogP contribution in [-0.4, -0.2) is 61.2 Å². The van der Waals surface area contributed by atoms with Gasteiger partial charge in [-0.3, -0.25) is 9.59 Å². The summed E-state index contributed by atoms with van der Waals surface area (Å²) in [7, 11) is 0. The van der Waals surface area contributed by atoms with E-state index in [9.17, 15) is 39.6 Å². The molecule has 0 saturated heterocycles. The molecule has 0 heterocycles. The molecule has 10 nitrogen and oxygen atoms in total. The Morgan fingerprint density at radius 2 is 1.18 bits per heavy atom. The molecule has 6 N–H and O–H groups in total. The molecule has 3 atom stereocenters. The van der Waals surface area contributed by atoms with Crippen molar-refractivity contribution in [3.05, 3.63) is 71.8 Å². The van der Waals surface area contributed by atoms with Gasteiger partial charge in [0, 0.05) is 17.2 Å². The summed E-state index contributed by atoms with van der Waals surface area (Å²) in [5, 5.41) is 47.9. The molecule has 2 aromatic carbocycles. The number of rotatable bonds is 9. The Morgan fingerprint density at radius 1 is 0.848 bits per heavy atom. The highest BCUT2D eigenvalue weighted by atomic mass is 16.5. The Labute approximate surface area is 189 Å². The molecular formula is C23H24N2O8. The fourth-order valence-corrected chi connectivity index (χ4v) is 2.69. The van der Waals surface area contributed by atoms with Crippen LogP contribution in [0.4, 0.5) is 0 Å². The van der Waals surface area contributed by atoms with E-state index < -0.39 is 45.8 Å². The van der Waals surface area contributed by atoms with Crippen molar-refractivity contribution in [2.24, 2.45) is 5.73 Å². The predicted octanol–water partition coefficient (Wildman–Crippen LogP) is 1.02. The second kappa shape index (κ2) is 11.6. The number of benzene rings is 2. The quantitative estimate of drug-likeness (QED) is 0.268. The van der Waals surface area contributed by atoms with Crippen molar-refractivity contribution in [2.75, 3.05) is 0 Å². The Hall–Kier alpha value is -3.91. The maximum atomic E-state index is 12.6. The van der Waals surface area contributed by atoms with Gasteiger partial charge < -0.3 is 26.2 Å². The molecule has 0 radical (unpaired) electrons. The molecule has 0 aliphatic heterocycles. The molecule has 0 aliphatic carbocycles. The number of carboxylic acids is 2. The van der Waals surface area contributed by atoms with Crippen LogP contribution in [0.5, 0.6) is 0 Å². The van der Waals surface area contributed by atoms with E-state index in [1.54, 1.807) is 0 Å². The van der Waals surface area contributed by atoms with E-state index in [1.807, 2.05) is 13.0 Å². The number of hydrogen-bond donors (Lipinski definition) is 5. The number of nitrogens with zero attached hydrogens (tertiary/aromatic N) is 1. The van der Waals surface area contributed by atoms with Crippen LogP contribution in [-0.2, 0) is 9.59 Å². The Bertz CT molecular complexity index is 962. The number of ketones is 2. The van der Waals surface area contributed by atoms with Gasteiger partial charge >= 0.3 is 11.9 Å². The zero-order valence-corrected chi connectivity index (χ0v) is 17.7. The first-order valence-electron chi connectivity index (χ1n) is 9.72. The summed E-state index contributed by atoms with van der Waals surface area (Å²) in [6, 6.07) is 14.9. The molecular weight excluding hydrogens is 432 g/mol. The van der Waals surface area contributed by atoms with Gasteiger partial charge in [0.05, 0.1) is 12.5 Å². The summed E-state index contributed by atoms with van der Waals surface area (Å²) < 4.78 is 0. The predicted molar refractivity (Wildman–Crippen MR) is 115 cm³/mol. The molecule has 0 unspecified atom stereocenters. The minimum absolute atomic E-state index is 0.0880. The molecule has 0 aromatic heterocycles. The zero-order valence-electron chi connectivity index (χ0n) is 17.7. The topological polar surface area (TPSA) is 199 Å². The van der Waals surface area contributed by atoms with Crippen LogP contribution in [0.2, 0.25) is 0 Å². The van der Waals surface area contributed by atoms with Gasteiger partial charge in [0.1, 0.15) is 0 Å². The van der Waals surface area contributed by atoms with Crippen LogP contribution in [0.25, 0.3) is 0 Å². The number of carboxylic acid groups (broad SMARTS) is 2. The fraction of sp³-hybridized carbons (Fsp3) is 0.261. The van der Waals surface area contributed by atoms with Gasteiger partial charge in [-0.25, -0.2) is 9.59 Å². The van der Waals surface area contributed by atoms with Crippen molar-refractivity contribution in [2.45, 2.75) is 37.0 Å². The number of Topliss-reactive ketones (excluding diaryl/α,β-unsaturated/α-hetero) is 2. The Morgan fingerprint density at radius 3 is 1.39 bits per heavy atom. The number of aliphatic carboxylic acids is 2. The highest BCUT2D eigenvalue weighted by Gasteiger charge is 2.69. The fourth-order valence-electron chi connectivity index (χ4n) is 2.69. The Balaban J connectivity index is 0.000000675. The lowest BCUT2D eigenvalue weighted by atomic mass is 9.73. The van der Waals surface area contributed by atoms with Crippen molar-refractivity contribution in [1.29, 1.82) is 5.26 Å². The van der Waals surface area contributed by atoms with Crippen molar-refractivity contribution >= 4 is 23.5 Å². The van der Waals surface area contributed by atoms with E-state index in [4.69, 9.17) is 11.0 Å². The van der Waals surface area contributed by atoms with Crippen LogP contribution in [0.1, 0.15) is 40.5 Å². The minimum Gasteiger partial charge on any atom is -0.479 e. The summed E-state index contributed by atoms with van der Waals surface area (Å²) in [4.78, 5) is 48.5. The largest absolute Gasteiger partial charge is 0.479 e. The number of nitrogens with two attached hydrogens (primary N) is 1. The van der Waals surface area contributed by atoms with E-state index in [0.29, 0.717) is 6.42 Å². The van der Waals surface area contributed by atoms with E-state index in [-0.39, 0.29) is 6.04 Å². The highest BCUT2D eigenvalue weighted by Crippen LogP contribution is 2.31. The van der Waals surface area contributed by atoms with E-state index in [1.165, 1.54) is 36.4 Å². The molecule has 2 rings (SSSR count). The normalized spacial score (nSPS) is 14.8. The van der Waals surface area contributed by atoms with Gasteiger partial charge in [0.15, 0.2) is 0 Å². The van der Waals surface area contributed by atoms with Gasteiger partial charge in [-0.05, 0) is 6.42 Å². The third kappa shape index (κ3) is 5.67. The maximum Gasteiger partial charge on any atom is 0.348 e. The first-order valence-corrected chi connectivity index (χ1v) is 9.72. The second-order valence-corrected chi connectivity index (χ2v) is 6.95. The van der Waals surface area contributed by atoms with Crippen LogP contribution in [0.3, 0.4) is 0 Å². The standard InChI is InChI=1S/C18H14O8.C5H10N2/c19-13(11-7-3-1-4-8-11)17(25,15(21)22)18(26,16(23)24)14(20)12-9-5-2-6-10-12;1-2-5(7)3-4-6/h1-10,25-26H,(H,21,22)(H,23,24);5H,2-3,7H2,1H3/t17-,18-;5-/m00/s1. The maximum absolute atomic E-state index is 12.6. The number of aliphatic hydroxyl groups is 2. The number of nitriles is 1. The van der Waals surface area contributed by atoms with Crippen molar-refractivity contribution in [3.63, 3.8) is 0 Å². The molecule has 33 heavy (non-hydrogen) atoms. The van der Waals surface area contributed by atoms with Gasteiger partial charge in [-0.15, -0.1) is 0 Å². The number of hydrogen-bond acceptors (Lipinski definition) is 8. The second-order valence-electron chi connectivity index (χ2n) is 6.95. The average molecular weight is 456 g/mol. The van der Waals surface area contributed by atoms with Crippen molar-refractivity contribution in [3.8, 4) is 6.07 Å². The van der Waals surface area contributed by atoms with Crippen LogP contribution in [0, 0.1) is 11.3 Å². The first-order chi connectivity index (χ1) is 15.5. The lowest BCUT2D eigenvalue weighted by Crippen LogP contribution is -2.71. The third-order valence-corrected chi connectivity index (χ3v) is 4.75. The average Bonchev–Trinajstić information content (AvgIpc) is 2.83. The number of carbonyl (C=O) groups is 4. The monoisotopic (exact) mass is 456 g/mol. The van der Waals surface area contributed by atoms with Crippen molar-refractivity contribution < 1.29 is 39.6 Å². The summed E-state index contributed by atoms with van der Waals surface area (Å²) in [5.41, 5.74) is -3.32. The van der Waals surface area contributed by atoms with Crippen LogP contribution in [0.15, 0.2) is 60.7 Å². The molecule has 0 aliphatic rings. The van der Waals surface area contributed by atoms with Crippen molar-refractivity contribution in [1.82, 2.24) is 0 Å². The third-order valence-electron chi connectivity index (χ3n) is 4.75. The van der Waals surface area contributed by atoms with Crippen LogP contribution < -0.4 is 5.73 Å².